The van der Waals surface area contributed by atoms with Crippen LogP contribution >= 0.6 is 23.2 Å². The highest BCUT2D eigenvalue weighted by Gasteiger charge is 2.36. The van der Waals surface area contributed by atoms with E-state index < -0.39 is 23.2 Å². The minimum Gasteiger partial charge on any atom is -0.318 e. The molecule has 0 saturated carbocycles. The van der Waals surface area contributed by atoms with E-state index in [0.717, 1.165) is 6.07 Å². The summed E-state index contributed by atoms with van der Waals surface area (Å²) in [4.78, 5) is 16.8. The number of nitrogens with one attached hydrogen (secondary N) is 1. The van der Waals surface area contributed by atoms with Gasteiger partial charge in [0.05, 0.1) is 21.4 Å². The van der Waals surface area contributed by atoms with Gasteiger partial charge in [0, 0.05) is 11.5 Å². The zero-order valence-electron chi connectivity index (χ0n) is 15.0. The lowest BCUT2D eigenvalue weighted by molar-refractivity contribution is -0.142. The van der Waals surface area contributed by atoms with Gasteiger partial charge in [-0.3, -0.25) is 4.79 Å². The van der Waals surface area contributed by atoms with Gasteiger partial charge in [-0.15, -0.1) is 0 Å². The monoisotopic (exact) mass is 430 g/mol. The number of halogens is 5. The molecule has 28 heavy (non-hydrogen) atoms. The third kappa shape index (κ3) is 3.93. The summed E-state index contributed by atoms with van der Waals surface area (Å²) in [7, 11) is 0. The van der Waals surface area contributed by atoms with Gasteiger partial charge in [-0.2, -0.15) is 18.3 Å². The second-order valence-corrected chi connectivity index (χ2v) is 7.94. The third-order valence-corrected chi connectivity index (χ3v) is 4.55. The molecule has 2 aromatic heterocycles. The molecule has 0 atom stereocenters. The number of anilines is 1. The number of carbonyl (C=O) groups excluding carboxylic acids is 1. The molecule has 3 rings (SSSR count). The Hall–Kier alpha value is -2.32. The number of fused-ring (bicyclic) bond motifs is 1. The first-order chi connectivity index (χ1) is 12.9. The number of amides is 1. The molecule has 148 valence electrons. The number of benzene rings is 1. The number of rotatable bonds is 2. The Labute approximate surface area is 168 Å². The molecule has 0 saturated heterocycles. The highest BCUT2D eigenvalue weighted by molar-refractivity contribution is 6.40. The third-order valence-electron chi connectivity index (χ3n) is 3.92. The van der Waals surface area contributed by atoms with Gasteiger partial charge in [0.25, 0.3) is 5.91 Å². The van der Waals surface area contributed by atoms with Crippen LogP contribution in [0.15, 0.2) is 30.3 Å². The van der Waals surface area contributed by atoms with Crippen LogP contribution in [0.25, 0.3) is 5.65 Å². The van der Waals surface area contributed by atoms with Gasteiger partial charge in [0.15, 0.2) is 11.3 Å². The summed E-state index contributed by atoms with van der Waals surface area (Å²) in [6, 6.07) is 6.76. The van der Waals surface area contributed by atoms with E-state index >= 15 is 0 Å². The van der Waals surface area contributed by atoms with Crippen molar-refractivity contribution in [2.24, 2.45) is 0 Å². The van der Waals surface area contributed by atoms with Crippen molar-refractivity contribution in [1.82, 2.24) is 14.6 Å². The molecular formula is C18H15Cl2F3N4O. The van der Waals surface area contributed by atoms with Crippen molar-refractivity contribution in [3.63, 3.8) is 0 Å². The highest BCUT2D eigenvalue weighted by Crippen LogP contribution is 2.33. The maximum Gasteiger partial charge on any atom is 0.433 e. The molecule has 1 N–H and O–H groups in total. The van der Waals surface area contributed by atoms with Gasteiger partial charge in [0.2, 0.25) is 0 Å². The molecule has 0 aliphatic rings. The summed E-state index contributed by atoms with van der Waals surface area (Å²) < 4.78 is 41.2. The topological polar surface area (TPSA) is 59.3 Å². The molecule has 0 bridgehead atoms. The van der Waals surface area contributed by atoms with Gasteiger partial charge < -0.3 is 5.32 Å². The molecule has 10 heteroatoms. The van der Waals surface area contributed by atoms with Crippen LogP contribution in [0.2, 0.25) is 10.0 Å². The Bertz CT molecular complexity index is 1050. The number of aromatic nitrogens is 3. The number of hydrogen-bond acceptors (Lipinski definition) is 3. The molecular weight excluding hydrogens is 416 g/mol. The number of hydrogen-bond donors (Lipinski definition) is 1. The van der Waals surface area contributed by atoms with E-state index in [1.54, 1.807) is 26.8 Å². The lowest BCUT2D eigenvalue weighted by Gasteiger charge is -2.19. The molecule has 0 radical (unpaired) electrons. The summed E-state index contributed by atoms with van der Waals surface area (Å²) in [6.07, 6.45) is -4.67. The summed E-state index contributed by atoms with van der Waals surface area (Å²) in [6.45, 7) is 5.24. The van der Waals surface area contributed by atoms with E-state index in [-0.39, 0.29) is 32.8 Å². The van der Waals surface area contributed by atoms with Gasteiger partial charge in [-0.25, -0.2) is 9.50 Å². The second kappa shape index (κ2) is 6.93. The van der Waals surface area contributed by atoms with Crippen LogP contribution in [0.3, 0.4) is 0 Å². The largest absolute Gasteiger partial charge is 0.433 e. The normalized spacial score (nSPS) is 12.4. The second-order valence-electron chi connectivity index (χ2n) is 7.12. The van der Waals surface area contributed by atoms with Gasteiger partial charge >= 0.3 is 6.18 Å². The predicted octanol–water partition coefficient (Wildman–Crippen LogP) is 5.60. The van der Waals surface area contributed by atoms with E-state index in [1.807, 2.05) is 0 Å². The Balaban J connectivity index is 2.10. The van der Waals surface area contributed by atoms with Gasteiger partial charge in [-0.05, 0) is 18.2 Å². The quantitative estimate of drug-likeness (QED) is 0.574. The Morgan fingerprint density at radius 2 is 1.71 bits per heavy atom. The van der Waals surface area contributed by atoms with E-state index in [1.165, 1.54) is 18.2 Å². The van der Waals surface area contributed by atoms with E-state index in [9.17, 15) is 18.0 Å². The van der Waals surface area contributed by atoms with Crippen molar-refractivity contribution in [2.45, 2.75) is 32.4 Å². The molecule has 0 aliphatic carbocycles. The lowest BCUT2D eigenvalue weighted by atomic mass is 9.91. The number of alkyl halides is 3. The van der Waals surface area contributed by atoms with Crippen LogP contribution in [-0.2, 0) is 11.6 Å². The highest BCUT2D eigenvalue weighted by atomic mass is 35.5. The number of carbonyl (C=O) groups is 1. The minimum atomic E-state index is -4.67. The van der Waals surface area contributed by atoms with E-state index in [2.05, 4.69) is 15.4 Å². The lowest BCUT2D eigenvalue weighted by Crippen LogP contribution is -2.20. The Morgan fingerprint density at radius 1 is 1.11 bits per heavy atom. The first-order valence-corrected chi connectivity index (χ1v) is 8.87. The SMILES string of the molecule is CC(C)(C)c1cc(C(F)(F)F)n2nc(C(=O)Nc3c(Cl)cccc3Cl)cc2n1. The fourth-order valence-electron chi connectivity index (χ4n) is 2.47. The number of nitrogens with zero attached hydrogens (tertiary/aromatic N) is 3. The first-order valence-electron chi connectivity index (χ1n) is 8.12. The van der Waals surface area contributed by atoms with Crippen molar-refractivity contribution in [2.75, 3.05) is 5.32 Å². The fourth-order valence-corrected chi connectivity index (χ4v) is 2.96. The average molecular weight is 431 g/mol. The zero-order chi connectivity index (χ0) is 20.9. The van der Waals surface area contributed by atoms with Crippen LogP contribution in [0.5, 0.6) is 0 Å². The van der Waals surface area contributed by atoms with Crippen molar-refractivity contribution in [1.29, 1.82) is 0 Å². The summed E-state index contributed by atoms with van der Waals surface area (Å²) in [5.41, 5.74) is -1.60. The van der Waals surface area contributed by atoms with Gasteiger partial charge in [0.1, 0.15) is 5.69 Å². The maximum absolute atomic E-state index is 13.5. The molecule has 0 fully saturated rings. The van der Waals surface area contributed by atoms with E-state index in [0.29, 0.717) is 4.52 Å². The van der Waals surface area contributed by atoms with Crippen molar-refractivity contribution < 1.29 is 18.0 Å². The molecule has 0 unspecified atom stereocenters. The smallest absolute Gasteiger partial charge is 0.318 e. The zero-order valence-corrected chi connectivity index (χ0v) is 16.5. The molecule has 2 heterocycles. The van der Waals surface area contributed by atoms with Crippen LogP contribution in [0, 0.1) is 0 Å². The summed E-state index contributed by atoms with van der Waals surface area (Å²) in [5.74, 6) is -0.758. The molecule has 1 aromatic carbocycles. The Morgan fingerprint density at radius 3 is 2.25 bits per heavy atom. The average Bonchev–Trinajstić information content (AvgIpc) is 2.99. The molecule has 0 aliphatic heterocycles. The fraction of sp³-hybridized carbons (Fsp3) is 0.278. The van der Waals surface area contributed by atoms with Crippen molar-refractivity contribution in [3.8, 4) is 0 Å². The summed E-state index contributed by atoms with van der Waals surface area (Å²) >= 11 is 12.0. The van der Waals surface area contributed by atoms with Crippen LogP contribution in [0.1, 0.15) is 42.6 Å². The van der Waals surface area contributed by atoms with Crippen LogP contribution < -0.4 is 5.32 Å². The van der Waals surface area contributed by atoms with Crippen molar-refractivity contribution in [3.05, 3.63) is 57.5 Å². The number of para-hydroxylation sites is 1. The Kier molecular flexibility index (Phi) is 5.05. The maximum atomic E-state index is 13.5. The van der Waals surface area contributed by atoms with Gasteiger partial charge in [-0.1, -0.05) is 50.0 Å². The molecule has 5 nitrogen and oxygen atoms in total. The van der Waals surface area contributed by atoms with Crippen LogP contribution in [0.4, 0.5) is 18.9 Å². The summed E-state index contributed by atoms with van der Waals surface area (Å²) in [5, 5.41) is 6.64. The standard InChI is InChI=1S/C18H15Cl2F3N4O/c1-17(2,3)12-8-13(18(21,22)23)27-14(24-12)7-11(26-27)16(28)25-15-9(19)5-4-6-10(15)20/h4-8H,1-3H3,(H,25,28). The predicted molar refractivity (Wildman–Crippen MR) is 101 cm³/mol. The van der Waals surface area contributed by atoms with Crippen LogP contribution in [-0.4, -0.2) is 20.5 Å². The van der Waals surface area contributed by atoms with E-state index in [4.69, 9.17) is 23.2 Å². The van der Waals surface area contributed by atoms with Crippen molar-refractivity contribution >= 4 is 40.4 Å². The molecule has 1 amide bonds. The minimum absolute atomic E-state index is 0.0878. The molecule has 0 spiro atoms. The molecule has 3 aromatic rings. The first kappa shape index (κ1) is 20.4.